The zero-order chi connectivity index (χ0) is 14.7. The predicted molar refractivity (Wildman–Crippen MR) is 76.1 cm³/mol. The van der Waals surface area contributed by atoms with Crippen LogP contribution in [0.25, 0.3) is 10.6 Å². The van der Waals surface area contributed by atoms with Crippen molar-refractivity contribution in [3.05, 3.63) is 41.2 Å². The molecule has 0 amide bonds. The molecule has 0 aliphatic carbocycles. The first kappa shape index (κ1) is 14.6. The zero-order valence-corrected chi connectivity index (χ0v) is 12.0. The van der Waals surface area contributed by atoms with Crippen LogP contribution in [0.1, 0.15) is 12.6 Å². The highest BCUT2D eigenvalue weighted by Gasteiger charge is 2.18. The second-order valence-electron chi connectivity index (χ2n) is 4.55. The maximum Gasteiger partial charge on any atom is 0.320 e. The van der Waals surface area contributed by atoms with Crippen LogP contribution in [0.5, 0.6) is 0 Å². The lowest BCUT2D eigenvalue weighted by molar-refractivity contribution is -0.142. The van der Waals surface area contributed by atoms with Crippen LogP contribution in [-0.2, 0) is 11.3 Å². The smallest absolute Gasteiger partial charge is 0.320 e. The minimum absolute atomic E-state index is 0.305. The standard InChI is InChI=1S/C14H15FN2O2S/c1-9(14(18)19)17(2)7-10-8-20-13(16-10)11-5-3-4-6-12(11)15/h3-6,8-9H,7H2,1-2H3,(H,18,19). The quantitative estimate of drug-likeness (QED) is 0.921. The van der Waals surface area contributed by atoms with E-state index >= 15 is 0 Å². The normalized spacial score (nSPS) is 12.6. The first-order chi connectivity index (χ1) is 9.49. The van der Waals surface area contributed by atoms with Crippen LogP contribution in [0.2, 0.25) is 0 Å². The molecule has 0 bridgehead atoms. The molecular formula is C14H15FN2O2S. The van der Waals surface area contributed by atoms with Gasteiger partial charge in [0.25, 0.3) is 0 Å². The molecule has 6 heteroatoms. The topological polar surface area (TPSA) is 53.4 Å². The number of thiazole rings is 1. The molecule has 20 heavy (non-hydrogen) atoms. The van der Waals surface area contributed by atoms with E-state index < -0.39 is 12.0 Å². The van der Waals surface area contributed by atoms with Gasteiger partial charge in [-0.1, -0.05) is 12.1 Å². The van der Waals surface area contributed by atoms with Gasteiger partial charge in [0.1, 0.15) is 16.9 Å². The highest BCUT2D eigenvalue weighted by atomic mass is 32.1. The van der Waals surface area contributed by atoms with Crippen molar-refractivity contribution in [2.45, 2.75) is 19.5 Å². The predicted octanol–water partition coefficient (Wildman–Crippen LogP) is 2.85. The number of nitrogens with zero attached hydrogens (tertiary/aromatic N) is 2. The Labute approximate surface area is 120 Å². The molecule has 1 unspecified atom stereocenters. The summed E-state index contributed by atoms with van der Waals surface area (Å²) in [7, 11) is 1.72. The summed E-state index contributed by atoms with van der Waals surface area (Å²) in [5.74, 6) is -1.18. The monoisotopic (exact) mass is 294 g/mol. The van der Waals surface area contributed by atoms with E-state index in [0.717, 1.165) is 5.69 Å². The van der Waals surface area contributed by atoms with E-state index in [1.807, 2.05) is 5.38 Å². The number of rotatable bonds is 5. The van der Waals surface area contributed by atoms with E-state index in [1.165, 1.54) is 17.4 Å². The molecule has 106 valence electrons. The molecule has 0 saturated heterocycles. The number of aromatic nitrogens is 1. The van der Waals surface area contributed by atoms with Gasteiger partial charge in [0.2, 0.25) is 0 Å². The lowest BCUT2D eigenvalue weighted by atomic mass is 10.2. The van der Waals surface area contributed by atoms with E-state index in [4.69, 9.17) is 5.11 Å². The van der Waals surface area contributed by atoms with E-state index in [0.29, 0.717) is 17.1 Å². The van der Waals surface area contributed by atoms with Gasteiger partial charge < -0.3 is 5.11 Å². The van der Waals surface area contributed by atoms with Crippen molar-refractivity contribution in [1.29, 1.82) is 0 Å². The number of carboxylic acids is 1. The number of benzene rings is 1. The summed E-state index contributed by atoms with van der Waals surface area (Å²) in [6.07, 6.45) is 0. The van der Waals surface area contributed by atoms with E-state index in [-0.39, 0.29) is 5.82 Å². The van der Waals surface area contributed by atoms with Crippen LogP contribution in [0.15, 0.2) is 29.6 Å². The number of hydrogen-bond acceptors (Lipinski definition) is 4. The maximum absolute atomic E-state index is 13.7. The van der Waals surface area contributed by atoms with E-state index in [2.05, 4.69) is 4.98 Å². The average Bonchev–Trinajstić information content (AvgIpc) is 2.86. The molecule has 2 aromatic rings. The minimum Gasteiger partial charge on any atom is -0.480 e. The third-order valence-corrected chi connectivity index (χ3v) is 4.01. The molecule has 0 radical (unpaired) electrons. The number of hydrogen-bond donors (Lipinski definition) is 1. The first-order valence-corrected chi connectivity index (χ1v) is 6.99. The number of carboxylic acid groups (broad SMARTS) is 1. The second kappa shape index (κ2) is 6.11. The van der Waals surface area contributed by atoms with Crippen molar-refractivity contribution in [3.8, 4) is 10.6 Å². The van der Waals surface area contributed by atoms with Crippen LogP contribution >= 0.6 is 11.3 Å². The van der Waals surface area contributed by atoms with Gasteiger partial charge in [0, 0.05) is 17.5 Å². The Morgan fingerprint density at radius 2 is 2.20 bits per heavy atom. The summed E-state index contributed by atoms with van der Waals surface area (Å²) < 4.78 is 13.7. The maximum atomic E-state index is 13.7. The van der Waals surface area contributed by atoms with Crippen molar-refractivity contribution in [2.24, 2.45) is 0 Å². The molecule has 2 rings (SSSR count). The summed E-state index contributed by atoms with van der Waals surface area (Å²) in [5, 5.41) is 11.4. The largest absolute Gasteiger partial charge is 0.480 e. The van der Waals surface area contributed by atoms with Crippen LogP contribution < -0.4 is 0 Å². The Kier molecular flexibility index (Phi) is 4.46. The highest BCUT2D eigenvalue weighted by Crippen LogP contribution is 2.26. The molecule has 0 aliphatic heterocycles. The number of likely N-dealkylation sites (N-methyl/N-ethyl adjacent to an activating group) is 1. The van der Waals surface area contributed by atoms with Gasteiger partial charge in [-0.15, -0.1) is 11.3 Å². The second-order valence-corrected chi connectivity index (χ2v) is 5.41. The summed E-state index contributed by atoms with van der Waals surface area (Å²) in [6, 6.07) is 5.89. The van der Waals surface area contributed by atoms with Gasteiger partial charge in [-0.3, -0.25) is 9.69 Å². The Balaban J connectivity index is 2.14. The van der Waals surface area contributed by atoms with Crippen molar-refractivity contribution >= 4 is 17.3 Å². The van der Waals surface area contributed by atoms with Crippen molar-refractivity contribution < 1.29 is 14.3 Å². The lowest BCUT2D eigenvalue weighted by Gasteiger charge is -2.19. The van der Waals surface area contributed by atoms with E-state index in [9.17, 15) is 9.18 Å². The number of halogens is 1. The molecule has 0 spiro atoms. The fourth-order valence-electron chi connectivity index (χ4n) is 1.72. The first-order valence-electron chi connectivity index (χ1n) is 6.11. The molecular weight excluding hydrogens is 279 g/mol. The van der Waals surface area contributed by atoms with Gasteiger partial charge in [-0.05, 0) is 26.1 Å². The van der Waals surface area contributed by atoms with E-state index in [1.54, 1.807) is 37.1 Å². The van der Waals surface area contributed by atoms with Crippen molar-refractivity contribution in [2.75, 3.05) is 7.05 Å². The van der Waals surface area contributed by atoms with Gasteiger partial charge in [-0.2, -0.15) is 0 Å². The molecule has 1 N–H and O–H groups in total. The molecule has 1 heterocycles. The molecule has 1 atom stereocenters. The molecule has 0 saturated carbocycles. The fraction of sp³-hybridized carbons (Fsp3) is 0.286. The van der Waals surface area contributed by atoms with Gasteiger partial charge in [0.15, 0.2) is 0 Å². The summed E-state index contributed by atoms with van der Waals surface area (Å²) in [5.41, 5.74) is 1.21. The summed E-state index contributed by atoms with van der Waals surface area (Å²) in [4.78, 5) is 16.9. The Bertz CT molecular complexity index is 615. The Morgan fingerprint density at radius 3 is 2.85 bits per heavy atom. The van der Waals surface area contributed by atoms with Crippen LogP contribution in [0, 0.1) is 5.82 Å². The molecule has 0 fully saturated rings. The lowest BCUT2D eigenvalue weighted by Crippen LogP contribution is -2.35. The zero-order valence-electron chi connectivity index (χ0n) is 11.2. The highest BCUT2D eigenvalue weighted by molar-refractivity contribution is 7.13. The van der Waals surface area contributed by atoms with Crippen LogP contribution in [-0.4, -0.2) is 34.0 Å². The van der Waals surface area contributed by atoms with Gasteiger partial charge in [-0.25, -0.2) is 9.37 Å². The number of aliphatic carboxylic acids is 1. The molecule has 1 aromatic carbocycles. The fourth-order valence-corrected chi connectivity index (χ4v) is 2.56. The van der Waals surface area contributed by atoms with Crippen molar-refractivity contribution in [3.63, 3.8) is 0 Å². The minimum atomic E-state index is -0.878. The molecule has 0 aliphatic rings. The third kappa shape index (κ3) is 3.20. The van der Waals surface area contributed by atoms with Gasteiger partial charge >= 0.3 is 5.97 Å². The SMILES string of the molecule is CC(C(=O)O)N(C)Cc1csc(-c2ccccc2F)n1. The third-order valence-electron chi connectivity index (χ3n) is 3.09. The summed E-state index contributed by atoms with van der Waals surface area (Å²) in [6.45, 7) is 2.03. The molecule has 1 aromatic heterocycles. The number of carbonyl (C=O) groups is 1. The summed E-state index contributed by atoms with van der Waals surface area (Å²) >= 11 is 1.35. The van der Waals surface area contributed by atoms with Crippen molar-refractivity contribution in [1.82, 2.24) is 9.88 Å². The Hall–Kier alpha value is -1.79. The molecule has 4 nitrogen and oxygen atoms in total. The average molecular weight is 294 g/mol. The van der Waals surface area contributed by atoms with Crippen LogP contribution in [0.4, 0.5) is 4.39 Å². The van der Waals surface area contributed by atoms with Crippen LogP contribution in [0.3, 0.4) is 0 Å². The van der Waals surface area contributed by atoms with Gasteiger partial charge in [0.05, 0.1) is 5.69 Å². The Morgan fingerprint density at radius 1 is 1.50 bits per heavy atom.